The molecule has 0 bridgehead atoms. The van der Waals surface area contributed by atoms with Gasteiger partial charge in [-0.25, -0.2) is 0 Å². The van der Waals surface area contributed by atoms with E-state index in [1.54, 1.807) is 0 Å². The molecule has 2 atom stereocenters. The molecule has 0 aromatic heterocycles. The molecule has 0 fully saturated rings. The van der Waals surface area contributed by atoms with Crippen molar-refractivity contribution in [1.29, 1.82) is 5.26 Å². The smallest absolute Gasteiger partial charge is 0.223 e. The third-order valence-corrected chi connectivity index (χ3v) is 2.24. The van der Waals surface area contributed by atoms with Gasteiger partial charge in [-0.3, -0.25) is 4.79 Å². The number of carbonyl (C=O) groups is 1. The molecule has 13 heavy (non-hydrogen) atoms. The minimum absolute atomic E-state index is 0.0199. The van der Waals surface area contributed by atoms with Gasteiger partial charge in [0.25, 0.3) is 0 Å². The fourth-order valence-electron chi connectivity index (χ4n) is 0.936. The topological polar surface area (TPSA) is 52.9 Å². The van der Waals surface area contributed by atoms with Gasteiger partial charge in [0, 0.05) is 12.0 Å². The van der Waals surface area contributed by atoms with Crippen molar-refractivity contribution in [3.8, 4) is 6.07 Å². The van der Waals surface area contributed by atoms with Crippen molar-refractivity contribution in [3.05, 3.63) is 0 Å². The lowest BCUT2D eigenvalue weighted by Crippen LogP contribution is -2.37. The fourth-order valence-corrected chi connectivity index (χ4v) is 0.936. The number of nitriles is 1. The van der Waals surface area contributed by atoms with E-state index in [2.05, 4.69) is 11.4 Å². The Morgan fingerprint density at radius 2 is 2.08 bits per heavy atom. The summed E-state index contributed by atoms with van der Waals surface area (Å²) in [5.41, 5.74) is 0. The molecule has 0 radical (unpaired) electrons. The summed E-state index contributed by atoms with van der Waals surface area (Å²) < 4.78 is 0. The molecule has 0 aliphatic heterocycles. The van der Waals surface area contributed by atoms with E-state index >= 15 is 0 Å². The minimum atomic E-state index is 0.0199. The summed E-state index contributed by atoms with van der Waals surface area (Å²) >= 11 is 0. The minimum Gasteiger partial charge on any atom is -0.352 e. The molecule has 0 saturated carbocycles. The zero-order valence-corrected chi connectivity index (χ0v) is 8.63. The maximum atomic E-state index is 11.4. The first kappa shape index (κ1) is 12.0. The Kier molecular flexibility index (Phi) is 5.96. The van der Waals surface area contributed by atoms with E-state index < -0.39 is 0 Å². The molecule has 0 rings (SSSR count). The van der Waals surface area contributed by atoms with Crippen molar-refractivity contribution in [3.63, 3.8) is 0 Å². The number of amides is 1. The predicted octanol–water partition coefficient (Wildman–Crippen LogP) is 1.84. The van der Waals surface area contributed by atoms with Gasteiger partial charge < -0.3 is 5.32 Å². The molecular weight excluding hydrogens is 164 g/mol. The molecule has 3 nitrogen and oxygen atoms in total. The molecule has 0 aromatic carbocycles. The van der Waals surface area contributed by atoms with Crippen LogP contribution >= 0.6 is 0 Å². The molecule has 0 aliphatic carbocycles. The molecule has 3 heteroatoms. The van der Waals surface area contributed by atoms with Crippen LogP contribution in [0.2, 0.25) is 0 Å². The second-order valence-corrected chi connectivity index (χ2v) is 3.29. The molecule has 0 spiro atoms. The van der Waals surface area contributed by atoms with Crippen LogP contribution in [-0.2, 0) is 4.79 Å². The van der Waals surface area contributed by atoms with Crippen molar-refractivity contribution in [2.24, 2.45) is 5.92 Å². The Morgan fingerprint density at radius 1 is 1.46 bits per heavy atom. The Hall–Kier alpha value is -1.04. The number of carbonyl (C=O) groups excluding carboxylic acids is 1. The number of hydrogen-bond donors (Lipinski definition) is 1. The SMILES string of the molecule is CCC(CC#N)NC(=O)C(C)CC. The maximum Gasteiger partial charge on any atom is 0.223 e. The van der Waals surface area contributed by atoms with Crippen LogP contribution < -0.4 is 5.32 Å². The molecule has 1 amide bonds. The van der Waals surface area contributed by atoms with Crippen LogP contribution in [0.3, 0.4) is 0 Å². The summed E-state index contributed by atoms with van der Waals surface area (Å²) in [6.07, 6.45) is 2.06. The zero-order valence-electron chi connectivity index (χ0n) is 8.63. The van der Waals surface area contributed by atoms with E-state index in [4.69, 9.17) is 5.26 Å². The van der Waals surface area contributed by atoms with Gasteiger partial charge in [-0.2, -0.15) is 5.26 Å². The highest BCUT2D eigenvalue weighted by Gasteiger charge is 2.14. The lowest BCUT2D eigenvalue weighted by molar-refractivity contribution is -0.125. The first-order valence-electron chi connectivity index (χ1n) is 4.82. The fraction of sp³-hybridized carbons (Fsp3) is 0.800. The molecular formula is C10H18N2O. The molecule has 0 aromatic rings. The number of rotatable bonds is 5. The largest absolute Gasteiger partial charge is 0.352 e. The summed E-state index contributed by atoms with van der Waals surface area (Å²) in [6.45, 7) is 5.85. The third-order valence-electron chi connectivity index (χ3n) is 2.24. The summed E-state index contributed by atoms with van der Waals surface area (Å²) in [5.74, 6) is 0.109. The highest BCUT2D eigenvalue weighted by atomic mass is 16.1. The molecule has 0 saturated heterocycles. The first-order valence-corrected chi connectivity index (χ1v) is 4.82. The highest BCUT2D eigenvalue weighted by Crippen LogP contribution is 2.03. The third kappa shape index (κ3) is 4.51. The molecule has 0 heterocycles. The van der Waals surface area contributed by atoms with E-state index in [9.17, 15) is 4.79 Å². The lowest BCUT2D eigenvalue weighted by Gasteiger charge is -2.16. The second-order valence-electron chi connectivity index (χ2n) is 3.29. The zero-order chi connectivity index (χ0) is 10.3. The van der Waals surface area contributed by atoms with Gasteiger partial charge in [0.15, 0.2) is 0 Å². The number of hydrogen-bond acceptors (Lipinski definition) is 2. The van der Waals surface area contributed by atoms with Crippen molar-refractivity contribution in [2.75, 3.05) is 0 Å². The quantitative estimate of drug-likeness (QED) is 0.705. The van der Waals surface area contributed by atoms with Crippen LogP contribution in [0.4, 0.5) is 0 Å². The van der Waals surface area contributed by atoms with E-state index in [1.807, 2.05) is 20.8 Å². The summed E-state index contributed by atoms with van der Waals surface area (Å²) in [5, 5.41) is 11.3. The molecule has 2 unspecified atom stereocenters. The van der Waals surface area contributed by atoms with Crippen molar-refractivity contribution in [2.45, 2.75) is 46.1 Å². The van der Waals surface area contributed by atoms with Crippen molar-refractivity contribution >= 4 is 5.91 Å². The lowest BCUT2D eigenvalue weighted by atomic mass is 10.1. The van der Waals surface area contributed by atoms with Gasteiger partial charge in [-0.15, -0.1) is 0 Å². The normalized spacial score (nSPS) is 14.3. The average Bonchev–Trinajstić information content (AvgIpc) is 2.15. The Balaban J connectivity index is 3.94. The van der Waals surface area contributed by atoms with Gasteiger partial charge >= 0.3 is 0 Å². The maximum absolute atomic E-state index is 11.4. The van der Waals surface area contributed by atoms with Gasteiger partial charge in [0.2, 0.25) is 5.91 Å². The van der Waals surface area contributed by atoms with Crippen LogP contribution in [0.1, 0.15) is 40.0 Å². The van der Waals surface area contributed by atoms with Gasteiger partial charge in [-0.1, -0.05) is 20.8 Å². The monoisotopic (exact) mass is 182 g/mol. The molecule has 1 N–H and O–H groups in total. The highest BCUT2D eigenvalue weighted by molar-refractivity contribution is 5.78. The van der Waals surface area contributed by atoms with Crippen molar-refractivity contribution < 1.29 is 4.79 Å². The van der Waals surface area contributed by atoms with Gasteiger partial charge in [-0.05, 0) is 12.8 Å². The Bertz CT molecular complexity index is 196. The van der Waals surface area contributed by atoms with Crippen LogP contribution in [-0.4, -0.2) is 11.9 Å². The summed E-state index contributed by atoms with van der Waals surface area (Å²) in [7, 11) is 0. The van der Waals surface area contributed by atoms with Crippen LogP contribution in [0.25, 0.3) is 0 Å². The van der Waals surface area contributed by atoms with Crippen LogP contribution in [0, 0.1) is 17.2 Å². The van der Waals surface area contributed by atoms with Crippen LogP contribution in [0.15, 0.2) is 0 Å². The standard InChI is InChI=1S/C10H18N2O/c1-4-8(3)10(13)12-9(5-2)6-7-11/h8-9H,4-6H2,1-3H3,(H,12,13). The van der Waals surface area contributed by atoms with E-state index in [0.717, 1.165) is 12.8 Å². The Labute approximate surface area is 80.1 Å². The second kappa shape index (κ2) is 6.47. The van der Waals surface area contributed by atoms with Gasteiger partial charge in [0.1, 0.15) is 0 Å². The van der Waals surface area contributed by atoms with Crippen LogP contribution in [0.5, 0.6) is 0 Å². The predicted molar refractivity (Wildman–Crippen MR) is 51.9 cm³/mol. The summed E-state index contributed by atoms with van der Waals surface area (Å²) in [4.78, 5) is 11.4. The van der Waals surface area contributed by atoms with E-state index in [0.29, 0.717) is 6.42 Å². The number of nitrogens with zero attached hydrogens (tertiary/aromatic N) is 1. The number of nitrogens with one attached hydrogen (secondary N) is 1. The van der Waals surface area contributed by atoms with Gasteiger partial charge in [0.05, 0.1) is 12.5 Å². The van der Waals surface area contributed by atoms with E-state index in [1.165, 1.54) is 0 Å². The van der Waals surface area contributed by atoms with E-state index in [-0.39, 0.29) is 17.9 Å². The molecule has 0 aliphatic rings. The first-order chi connectivity index (χ1) is 6.15. The Morgan fingerprint density at radius 3 is 2.46 bits per heavy atom. The molecule has 74 valence electrons. The van der Waals surface area contributed by atoms with Crippen molar-refractivity contribution in [1.82, 2.24) is 5.32 Å². The average molecular weight is 182 g/mol. The summed E-state index contributed by atoms with van der Waals surface area (Å²) in [6, 6.07) is 2.09.